The van der Waals surface area contributed by atoms with Gasteiger partial charge in [0.15, 0.2) is 18.1 Å². The summed E-state index contributed by atoms with van der Waals surface area (Å²) in [5.74, 6) is -0.427. The fourth-order valence-corrected chi connectivity index (χ4v) is 1.29. The average Bonchev–Trinajstić information content (AvgIpc) is 2.49. The van der Waals surface area contributed by atoms with Gasteiger partial charge in [0.1, 0.15) is 6.54 Å². The van der Waals surface area contributed by atoms with E-state index in [2.05, 4.69) is 15.1 Å². The van der Waals surface area contributed by atoms with Crippen LogP contribution in [-0.2, 0) is 13.6 Å². The fourth-order valence-electron chi connectivity index (χ4n) is 1.08. The summed E-state index contributed by atoms with van der Waals surface area (Å²) in [6.07, 6.45) is 0. The molecule has 7 heteroatoms. The van der Waals surface area contributed by atoms with Crippen molar-refractivity contribution in [3.63, 3.8) is 0 Å². The maximum atomic E-state index is 11.2. The first kappa shape index (κ1) is 11.7. The first-order valence-corrected chi connectivity index (χ1v) is 4.98. The minimum atomic E-state index is -0.427. The standard InChI is InChI=1S/C8H14N4O2S/c1-4-9-8(15)11(2)5-6-7(13)14-10-12(6)3/h4-5H2,1-3H3,(H-,9,10,13,15). The third-order valence-corrected chi connectivity index (χ3v) is 2.39. The quantitative estimate of drug-likeness (QED) is 0.525. The zero-order chi connectivity index (χ0) is 11.4. The summed E-state index contributed by atoms with van der Waals surface area (Å²) in [6, 6.07) is 0. The van der Waals surface area contributed by atoms with Crippen LogP contribution in [0.25, 0.3) is 0 Å². The van der Waals surface area contributed by atoms with E-state index in [0.29, 0.717) is 17.4 Å². The normalized spacial score (nSPS) is 10.1. The fraction of sp³-hybridized carbons (Fsp3) is 0.625. The van der Waals surface area contributed by atoms with E-state index in [1.54, 1.807) is 19.0 Å². The summed E-state index contributed by atoms with van der Waals surface area (Å²) in [6.45, 7) is 3.09. The molecule has 1 rings (SSSR count). The van der Waals surface area contributed by atoms with Crippen LogP contribution in [0.5, 0.6) is 5.95 Å². The Hall–Kier alpha value is -1.37. The number of thiocarbonyl (C=S) groups is 1. The Morgan fingerprint density at radius 1 is 1.73 bits per heavy atom. The second-order valence-electron chi connectivity index (χ2n) is 3.12. The Morgan fingerprint density at radius 3 is 2.87 bits per heavy atom. The summed E-state index contributed by atoms with van der Waals surface area (Å²) in [5.41, 5.74) is 0.470. The highest BCUT2D eigenvalue weighted by atomic mass is 32.1. The number of nitrogens with zero attached hydrogens (tertiary/aromatic N) is 3. The van der Waals surface area contributed by atoms with Crippen molar-refractivity contribution in [1.29, 1.82) is 0 Å². The zero-order valence-corrected chi connectivity index (χ0v) is 9.80. The van der Waals surface area contributed by atoms with Gasteiger partial charge in [-0.25, -0.2) is 0 Å². The average molecular weight is 230 g/mol. The van der Waals surface area contributed by atoms with E-state index in [1.165, 1.54) is 4.68 Å². The molecule has 0 bridgehead atoms. The lowest BCUT2D eigenvalue weighted by Gasteiger charge is -2.18. The van der Waals surface area contributed by atoms with Crippen molar-refractivity contribution in [2.75, 3.05) is 13.6 Å². The van der Waals surface area contributed by atoms with Crippen LogP contribution in [0.2, 0.25) is 0 Å². The van der Waals surface area contributed by atoms with Crippen LogP contribution in [0.4, 0.5) is 0 Å². The van der Waals surface area contributed by atoms with Crippen LogP contribution in [0.1, 0.15) is 12.6 Å². The summed E-state index contributed by atoms with van der Waals surface area (Å²) in [7, 11) is 3.46. The molecular formula is C8H14N4O2S. The summed E-state index contributed by atoms with van der Waals surface area (Å²) < 4.78 is 5.91. The monoisotopic (exact) mass is 230 g/mol. The molecule has 1 N–H and O–H groups in total. The summed E-state index contributed by atoms with van der Waals surface area (Å²) in [5, 5.41) is 18.3. The molecule has 1 heterocycles. The van der Waals surface area contributed by atoms with E-state index in [-0.39, 0.29) is 0 Å². The highest BCUT2D eigenvalue weighted by Gasteiger charge is 2.16. The van der Waals surface area contributed by atoms with Crippen molar-refractivity contribution in [3.8, 4) is 5.95 Å². The molecule has 0 aliphatic heterocycles. The Kier molecular flexibility index (Phi) is 3.84. The molecular weight excluding hydrogens is 216 g/mol. The maximum Gasteiger partial charge on any atom is 0.252 e. The number of hydrogen-bond donors (Lipinski definition) is 1. The van der Waals surface area contributed by atoms with Gasteiger partial charge in [-0.1, -0.05) is 4.68 Å². The zero-order valence-electron chi connectivity index (χ0n) is 8.98. The molecule has 0 radical (unpaired) electrons. The van der Waals surface area contributed by atoms with Gasteiger partial charge in [0.05, 0.1) is 5.27 Å². The van der Waals surface area contributed by atoms with Crippen molar-refractivity contribution < 1.29 is 14.3 Å². The Labute approximate surface area is 93.4 Å². The lowest BCUT2D eigenvalue weighted by atomic mass is 10.4. The van der Waals surface area contributed by atoms with E-state index in [1.807, 2.05) is 6.92 Å². The smallest absolute Gasteiger partial charge is 0.252 e. The van der Waals surface area contributed by atoms with Gasteiger partial charge in [0.25, 0.3) is 5.69 Å². The molecule has 0 saturated carbocycles. The predicted molar refractivity (Wildman–Crippen MR) is 54.9 cm³/mol. The van der Waals surface area contributed by atoms with Crippen molar-refractivity contribution in [3.05, 3.63) is 5.69 Å². The van der Waals surface area contributed by atoms with E-state index in [4.69, 9.17) is 12.2 Å². The second kappa shape index (κ2) is 4.92. The first-order valence-electron chi connectivity index (χ1n) is 4.57. The number of nitrogens with one attached hydrogen (secondary N) is 1. The SMILES string of the molecule is CCNC(=S)N(C)Cc1c([O-])on[n+]1C. The molecule has 0 fully saturated rings. The van der Waals surface area contributed by atoms with Crippen LogP contribution in [0, 0.1) is 0 Å². The Morgan fingerprint density at radius 2 is 2.40 bits per heavy atom. The van der Waals surface area contributed by atoms with Gasteiger partial charge >= 0.3 is 0 Å². The van der Waals surface area contributed by atoms with Crippen LogP contribution >= 0.6 is 12.2 Å². The molecule has 1 aromatic heterocycles. The lowest BCUT2D eigenvalue weighted by Crippen LogP contribution is -2.41. The van der Waals surface area contributed by atoms with Crippen LogP contribution in [0.3, 0.4) is 0 Å². The molecule has 0 aliphatic rings. The first-order chi connectivity index (χ1) is 7.06. The minimum absolute atomic E-state index is 0.380. The van der Waals surface area contributed by atoms with Crippen LogP contribution in [0.15, 0.2) is 4.52 Å². The van der Waals surface area contributed by atoms with Gasteiger partial charge in [-0.3, -0.25) is 0 Å². The highest BCUT2D eigenvalue weighted by molar-refractivity contribution is 7.80. The van der Waals surface area contributed by atoms with Gasteiger partial charge in [-0.05, 0) is 19.1 Å². The number of aromatic nitrogens is 2. The van der Waals surface area contributed by atoms with Gasteiger partial charge < -0.3 is 19.8 Å². The number of aryl methyl sites for hydroxylation is 1. The van der Waals surface area contributed by atoms with E-state index in [0.717, 1.165) is 6.54 Å². The molecule has 0 spiro atoms. The van der Waals surface area contributed by atoms with E-state index in [9.17, 15) is 5.11 Å². The molecule has 6 nitrogen and oxygen atoms in total. The highest BCUT2D eigenvalue weighted by Crippen LogP contribution is 2.08. The molecule has 0 aliphatic carbocycles. The molecule has 0 atom stereocenters. The number of rotatable bonds is 3. The second-order valence-corrected chi connectivity index (χ2v) is 3.51. The van der Waals surface area contributed by atoms with Crippen molar-refractivity contribution in [1.82, 2.24) is 15.5 Å². The largest absolute Gasteiger partial charge is 0.539 e. The Balaban J connectivity index is 2.66. The van der Waals surface area contributed by atoms with Crippen LogP contribution < -0.4 is 15.1 Å². The van der Waals surface area contributed by atoms with E-state index < -0.39 is 5.95 Å². The number of hydrogen-bond acceptors (Lipinski definition) is 4. The summed E-state index contributed by atoms with van der Waals surface area (Å²) >= 11 is 5.09. The van der Waals surface area contributed by atoms with Crippen LogP contribution in [-0.4, -0.2) is 28.9 Å². The molecule has 84 valence electrons. The lowest BCUT2D eigenvalue weighted by molar-refractivity contribution is -0.746. The molecule has 1 aromatic rings. The molecule has 0 saturated heterocycles. The third kappa shape index (κ3) is 2.79. The van der Waals surface area contributed by atoms with Crippen molar-refractivity contribution in [2.24, 2.45) is 7.05 Å². The predicted octanol–water partition coefficient (Wildman–Crippen LogP) is -1.10. The minimum Gasteiger partial charge on any atom is -0.539 e. The van der Waals surface area contributed by atoms with Gasteiger partial charge in [-0.2, -0.15) is 0 Å². The van der Waals surface area contributed by atoms with Crippen molar-refractivity contribution >= 4 is 17.3 Å². The van der Waals surface area contributed by atoms with Gasteiger partial charge in [0, 0.05) is 13.6 Å². The van der Waals surface area contributed by atoms with Gasteiger partial charge in [0.2, 0.25) is 0 Å². The Bertz CT molecular complexity index is 333. The maximum absolute atomic E-state index is 11.2. The van der Waals surface area contributed by atoms with E-state index >= 15 is 0 Å². The third-order valence-electron chi connectivity index (χ3n) is 1.93. The topological polar surface area (TPSA) is 68.2 Å². The molecule has 0 amide bonds. The van der Waals surface area contributed by atoms with Gasteiger partial charge in [-0.15, -0.1) is 0 Å². The molecule has 15 heavy (non-hydrogen) atoms. The molecule has 0 unspecified atom stereocenters. The molecule has 0 aromatic carbocycles. The summed E-state index contributed by atoms with van der Waals surface area (Å²) in [4.78, 5) is 1.76. The van der Waals surface area contributed by atoms with Crippen molar-refractivity contribution in [2.45, 2.75) is 13.5 Å².